The summed E-state index contributed by atoms with van der Waals surface area (Å²) in [7, 11) is 0. The summed E-state index contributed by atoms with van der Waals surface area (Å²) in [5.41, 5.74) is 3.40. The molecule has 2 saturated heterocycles. The molecule has 0 aliphatic carbocycles. The number of pyridine rings is 1. The smallest absolute Gasteiger partial charge is 0.355 e. The van der Waals surface area contributed by atoms with Crippen molar-refractivity contribution in [2.45, 2.75) is 68.1 Å². The number of hydrogen-bond donors (Lipinski definition) is 7. The van der Waals surface area contributed by atoms with Crippen LogP contribution in [0.3, 0.4) is 0 Å². The second-order valence-electron chi connectivity index (χ2n) is 11.4. The number of esters is 1. The van der Waals surface area contributed by atoms with Crippen LogP contribution in [0.1, 0.15) is 19.5 Å². The van der Waals surface area contributed by atoms with E-state index in [4.69, 9.17) is 20.0 Å². The van der Waals surface area contributed by atoms with Crippen LogP contribution in [-0.4, -0.2) is 124 Å². The van der Waals surface area contributed by atoms with Crippen molar-refractivity contribution in [3.05, 3.63) is 52.9 Å². The van der Waals surface area contributed by atoms with Crippen LogP contribution >= 0.6 is 23.1 Å². The first-order valence-electron chi connectivity index (χ1n) is 14.4. The summed E-state index contributed by atoms with van der Waals surface area (Å²) in [4.78, 5) is 73.9. The fourth-order valence-electron chi connectivity index (χ4n) is 4.97. The van der Waals surface area contributed by atoms with Gasteiger partial charge in [0.25, 0.3) is 11.8 Å². The largest absolute Gasteiger partial charge is 0.479 e. The van der Waals surface area contributed by atoms with Crippen molar-refractivity contribution in [1.29, 1.82) is 0 Å². The van der Waals surface area contributed by atoms with Gasteiger partial charge < -0.3 is 50.9 Å². The Morgan fingerprint density at radius 3 is 2.45 bits per heavy atom. The van der Waals surface area contributed by atoms with Gasteiger partial charge >= 0.3 is 17.9 Å². The Bertz CT molecular complexity index is 1720. The van der Waals surface area contributed by atoms with E-state index < -0.39 is 83.2 Å². The average Bonchev–Trinajstić information content (AvgIpc) is 3.49. The fraction of sp³-hybridized carbons (Fsp3) is 0.429. The molecule has 5 rings (SSSR count). The minimum Gasteiger partial charge on any atom is -0.479 e. The molecule has 8 N–H and O–H groups in total. The number of nitrogen functional groups attached to an aromatic ring is 1. The molecule has 0 saturated carbocycles. The summed E-state index contributed by atoms with van der Waals surface area (Å²) in [6, 6.07) is 4.22. The predicted molar refractivity (Wildman–Crippen MR) is 165 cm³/mol. The van der Waals surface area contributed by atoms with Crippen molar-refractivity contribution in [2.75, 3.05) is 11.5 Å². The van der Waals surface area contributed by atoms with Gasteiger partial charge in [-0.2, -0.15) is 0 Å². The number of thiazole rings is 1. The summed E-state index contributed by atoms with van der Waals surface area (Å²) in [5.74, 6) is -5.68. The van der Waals surface area contributed by atoms with Crippen LogP contribution in [0.15, 0.2) is 52.4 Å². The average molecular weight is 724 g/mol. The summed E-state index contributed by atoms with van der Waals surface area (Å²) in [5, 5.41) is 56.2. The first-order chi connectivity index (χ1) is 23.1. The Morgan fingerprint density at radius 2 is 1.84 bits per heavy atom. The second-order valence-corrected chi connectivity index (χ2v) is 13.4. The van der Waals surface area contributed by atoms with Crippen LogP contribution in [0.25, 0.3) is 0 Å². The number of aliphatic hydroxyl groups excluding tert-OH is 3. The molecule has 2 aromatic rings. The number of nitrogens with two attached hydrogens (primary N) is 1. The monoisotopic (exact) mass is 723 g/mol. The predicted octanol–water partition coefficient (Wildman–Crippen LogP) is -2.61. The molecule has 7 atom stereocenters. The Balaban J connectivity index is 1.31. The maximum Gasteiger partial charge on any atom is 0.355 e. The number of carbonyl (C=O) groups excluding carboxylic acids is 3. The van der Waals surface area contributed by atoms with Gasteiger partial charge in [-0.3, -0.25) is 14.5 Å². The van der Waals surface area contributed by atoms with Crippen molar-refractivity contribution in [2.24, 2.45) is 5.16 Å². The lowest BCUT2D eigenvalue weighted by Crippen LogP contribution is -2.71. The van der Waals surface area contributed by atoms with Crippen LogP contribution in [0, 0.1) is 0 Å². The van der Waals surface area contributed by atoms with E-state index in [9.17, 15) is 49.5 Å². The van der Waals surface area contributed by atoms with E-state index in [1.54, 1.807) is 29.1 Å². The molecule has 0 aromatic carbocycles. The normalized spacial score (nSPS) is 27.1. The Morgan fingerprint density at radius 1 is 1.14 bits per heavy atom. The first kappa shape index (κ1) is 35.6. The molecule has 21 heteroatoms. The van der Waals surface area contributed by atoms with Gasteiger partial charge in [0.1, 0.15) is 41.1 Å². The van der Waals surface area contributed by atoms with Crippen molar-refractivity contribution < 1.29 is 68.4 Å². The number of carboxylic acids is 2. The van der Waals surface area contributed by atoms with Crippen molar-refractivity contribution >= 4 is 63.7 Å². The zero-order valence-corrected chi connectivity index (χ0v) is 27.2. The van der Waals surface area contributed by atoms with E-state index in [1.165, 1.54) is 17.1 Å². The van der Waals surface area contributed by atoms with Crippen molar-refractivity contribution in [3.8, 4) is 0 Å². The van der Waals surface area contributed by atoms with Gasteiger partial charge in [-0.1, -0.05) is 11.2 Å². The minimum atomic E-state index is -2.05. The first-order valence-corrected chi connectivity index (χ1v) is 16.3. The number of amides is 2. The number of thioether (sulfide) groups is 1. The van der Waals surface area contributed by atoms with Gasteiger partial charge in [-0.15, -0.1) is 23.1 Å². The summed E-state index contributed by atoms with van der Waals surface area (Å²) in [6.45, 7) is 2.53. The molecule has 19 nitrogen and oxygen atoms in total. The molecule has 2 amide bonds. The van der Waals surface area contributed by atoms with Gasteiger partial charge in [-0.05, 0) is 13.8 Å². The number of carbonyl (C=O) groups is 5. The molecule has 49 heavy (non-hydrogen) atoms. The lowest BCUT2D eigenvalue weighted by atomic mass is 9.99. The van der Waals surface area contributed by atoms with Gasteiger partial charge in [0.05, 0.1) is 0 Å². The van der Waals surface area contributed by atoms with Crippen molar-refractivity contribution in [1.82, 2.24) is 15.2 Å². The Labute approximate surface area is 284 Å². The van der Waals surface area contributed by atoms with E-state index in [2.05, 4.69) is 15.5 Å². The zero-order valence-electron chi connectivity index (χ0n) is 25.6. The number of aliphatic carboxylic acids is 2. The van der Waals surface area contributed by atoms with Gasteiger partial charge in [0.15, 0.2) is 35.9 Å². The molecule has 262 valence electrons. The third kappa shape index (κ3) is 7.21. The van der Waals surface area contributed by atoms with Crippen LogP contribution in [0.4, 0.5) is 5.13 Å². The number of nitrogens with zero attached hydrogens (tertiary/aromatic N) is 4. The third-order valence-electron chi connectivity index (χ3n) is 7.56. The molecule has 3 aliphatic rings. The Kier molecular flexibility index (Phi) is 10.2. The van der Waals surface area contributed by atoms with Crippen LogP contribution in [-0.2, 0) is 44.8 Å². The van der Waals surface area contributed by atoms with E-state index in [0.717, 1.165) is 30.1 Å². The van der Waals surface area contributed by atoms with Gasteiger partial charge in [0.2, 0.25) is 11.9 Å². The maximum absolute atomic E-state index is 13.5. The molecule has 2 aromatic heterocycles. The van der Waals surface area contributed by atoms with Crippen molar-refractivity contribution in [3.63, 3.8) is 0 Å². The number of nitrogens with one attached hydrogen (secondary N) is 1. The summed E-state index contributed by atoms with van der Waals surface area (Å²) >= 11 is 2.20. The van der Waals surface area contributed by atoms with E-state index in [-0.39, 0.29) is 28.8 Å². The minimum absolute atomic E-state index is 0.0418. The van der Waals surface area contributed by atoms with Crippen LogP contribution in [0.2, 0.25) is 0 Å². The highest BCUT2D eigenvalue weighted by atomic mass is 32.2. The van der Waals surface area contributed by atoms with Gasteiger partial charge in [-0.25, -0.2) is 23.9 Å². The lowest BCUT2D eigenvalue weighted by molar-refractivity contribution is -0.689. The van der Waals surface area contributed by atoms with E-state index >= 15 is 0 Å². The molecule has 3 aliphatic heterocycles. The quantitative estimate of drug-likeness (QED) is 0.0411. The number of aromatic nitrogens is 2. The highest BCUT2D eigenvalue weighted by Gasteiger charge is 2.55. The molecular weight excluding hydrogens is 692 g/mol. The number of rotatable bonds is 11. The number of ether oxygens (including phenoxy) is 2. The highest BCUT2D eigenvalue weighted by Crippen LogP contribution is 2.40. The third-order valence-corrected chi connectivity index (χ3v) is 9.57. The van der Waals surface area contributed by atoms with E-state index in [1.807, 2.05) is 6.07 Å². The molecular formula is C28H31N6O13S2+. The topological polar surface area (TPSA) is 285 Å². The number of aliphatic hydroxyl groups is 3. The number of carboxylic acid groups (broad SMARTS) is 2. The number of anilines is 1. The number of fused-ring (bicyclic) bond motifs is 1. The molecule has 0 bridgehead atoms. The highest BCUT2D eigenvalue weighted by molar-refractivity contribution is 8.00. The zero-order chi connectivity index (χ0) is 35.8. The van der Waals surface area contributed by atoms with Crippen LogP contribution in [0.5, 0.6) is 0 Å². The standard InChI is InChI=1S/C28H30N6O13S2/c1-28(2,26(44)46-25-18(37)16(35)17(36)19(45-25)24(42)43)47-32-13(12-10-49-27(29)30-12)20(38)31-14-21(39)34-15(23(40)41)11(9-48-22(14)34)8-33-6-4-3-5-7-33/h3-7,10,14,16-19,22,25,35-37H,8-9H2,1-2H3,(H4-,29,30,31,38,40,41,42,43)/p+1/b32-13-/t14-,16?,17?,18?,19?,22-,25?/m1/s1. The molecule has 5 heterocycles. The number of hydrogen-bond acceptors (Lipinski definition) is 16. The molecule has 5 unspecified atom stereocenters. The van der Waals surface area contributed by atoms with Crippen LogP contribution < -0.4 is 15.6 Å². The van der Waals surface area contributed by atoms with Gasteiger partial charge in [0, 0.05) is 28.8 Å². The van der Waals surface area contributed by atoms with E-state index in [0.29, 0.717) is 5.57 Å². The number of β-lactam (4-membered cyclic amide) rings is 1. The molecule has 0 radical (unpaired) electrons. The Hall–Kier alpha value is -4.67. The number of oxime groups is 1. The maximum atomic E-state index is 13.5. The lowest BCUT2D eigenvalue weighted by Gasteiger charge is -2.49. The second kappa shape index (κ2) is 14.1. The molecule has 0 spiro atoms. The fourth-order valence-corrected chi connectivity index (χ4v) is 6.85. The SMILES string of the molecule is CC(C)(O/N=C(\C(=O)N[C@@H]1C(=O)N2C(C(=O)O)=C(C[n+]3ccccc3)CS[C@H]12)c1csc(N)n1)C(=O)OC1OC(C(=O)O)C(O)C(O)C1O. The summed E-state index contributed by atoms with van der Waals surface area (Å²) < 4.78 is 11.8. The molecule has 2 fully saturated rings. The summed E-state index contributed by atoms with van der Waals surface area (Å²) in [6.07, 6.45) is -6.64.